The quantitative estimate of drug-likeness (QED) is 0.367. The van der Waals surface area contributed by atoms with Crippen molar-refractivity contribution in [2.45, 2.75) is 11.1 Å². The summed E-state index contributed by atoms with van der Waals surface area (Å²) in [5, 5.41) is 11.4. The summed E-state index contributed by atoms with van der Waals surface area (Å²) in [4.78, 5) is 10.2. The van der Waals surface area contributed by atoms with E-state index in [4.69, 9.17) is 32.7 Å². The van der Waals surface area contributed by atoms with Gasteiger partial charge in [0.15, 0.2) is 0 Å². The van der Waals surface area contributed by atoms with Gasteiger partial charge in [-0.3, -0.25) is 10.1 Å². The molecule has 0 N–H and O–H groups in total. The van der Waals surface area contributed by atoms with Crippen molar-refractivity contribution in [3.05, 3.63) is 86.4 Å². The molecule has 0 bridgehead atoms. The molecule has 0 spiro atoms. The molecule has 3 aromatic rings. The number of halogens is 2. The lowest BCUT2D eigenvalue weighted by Crippen LogP contribution is -2.33. The number of rotatable bonds is 5. The third-order valence-corrected chi connectivity index (χ3v) is 6.99. The zero-order valence-corrected chi connectivity index (χ0v) is 18.2. The number of hydrogen-bond acceptors (Lipinski definition) is 6. The highest BCUT2D eigenvalue weighted by atomic mass is 35.5. The topological polar surface area (TPSA) is 99.0 Å². The maximum Gasteiger partial charge on any atom is 0.289 e. The van der Waals surface area contributed by atoms with E-state index in [1.165, 1.54) is 25.3 Å². The zero-order valence-electron chi connectivity index (χ0n) is 15.9. The third kappa shape index (κ3) is 3.76. The summed E-state index contributed by atoms with van der Waals surface area (Å²) in [7, 11) is -2.78. The van der Waals surface area contributed by atoms with Crippen molar-refractivity contribution in [1.82, 2.24) is 0 Å². The summed E-state index contributed by atoms with van der Waals surface area (Å²) in [5.74, 6) is 0.891. The van der Waals surface area contributed by atoms with E-state index in [-0.39, 0.29) is 15.6 Å². The van der Waals surface area contributed by atoms with Crippen molar-refractivity contribution in [3.8, 4) is 11.5 Å². The Morgan fingerprint density at radius 1 is 1.06 bits per heavy atom. The number of fused-ring (bicyclic) bond motifs is 1. The van der Waals surface area contributed by atoms with Crippen LogP contribution in [0, 0.1) is 10.1 Å². The van der Waals surface area contributed by atoms with Crippen molar-refractivity contribution < 1.29 is 22.8 Å². The molecule has 4 rings (SSSR count). The molecule has 11 heteroatoms. The first-order chi connectivity index (χ1) is 14.7. The maximum atomic E-state index is 13.6. The largest absolute Gasteiger partial charge is 0.497 e. The number of nitrogens with zero attached hydrogens (tertiary/aromatic N) is 2. The number of benzene rings is 3. The fourth-order valence-electron chi connectivity index (χ4n) is 3.19. The van der Waals surface area contributed by atoms with Crippen molar-refractivity contribution in [1.29, 1.82) is 0 Å². The van der Waals surface area contributed by atoms with E-state index >= 15 is 0 Å². The number of sulfonamides is 1. The molecule has 1 aliphatic heterocycles. The molecule has 3 aromatic carbocycles. The lowest BCUT2D eigenvalue weighted by molar-refractivity contribution is -0.384. The van der Waals surface area contributed by atoms with Crippen LogP contribution in [-0.2, 0) is 10.0 Å². The Balaban J connectivity index is 1.88. The van der Waals surface area contributed by atoms with Crippen LogP contribution in [0.3, 0.4) is 0 Å². The van der Waals surface area contributed by atoms with Crippen LogP contribution < -0.4 is 13.8 Å². The molecule has 1 heterocycles. The molecule has 0 saturated carbocycles. The molecule has 0 amide bonds. The fourth-order valence-corrected chi connectivity index (χ4v) is 5.09. The van der Waals surface area contributed by atoms with E-state index in [1.807, 2.05) is 0 Å². The van der Waals surface area contributed by atoms with Crippen LogP contribution in [0.5, 0.6) is 11.5 Å². The van der Waals surface area contributed by atoms with Gasteiger partial charge in [0.1, 0.15) is 16.5 Å². The summed E-state index contributed by atoms with van der Waals surface area (Å²) in [6.45, 7) is 0. The second kappa shape index (κ2) is 7.92. The maximum absolute atomic E-state index is 13.6. The smallest absolute Gasteiger partial charge is 0.289 e. The number of methoxy groups -OCH3 is 1. The molecule has 0 radical (unpaired) electrons. The lowest BCUT2D eigenvalue weighted by atomic mass is 10.2. The van der Waals surface area contributed by atoms with Crippen LogP contribution in [0.25, 0.3) is 0 Å². The van der Waals surface area contributed by atoms with Crippen LogP contribution >= 0.6 is 23.2 Å². The minimum absolute atomic E-state index is 0.170. The second-order valence-electron chi connectivity index (χ2n) is 6.53. The fraction of sp³-hybridized carbons (Fsp3) is 0.100. The van der Waals surface area contributed by atoms with Gasteiger partial charge >= 0.3 is 0 Å². The van der Waals surface area contributed by atoms with E-state index in [9.17, 15) is 18.5 Å². The predicted octanol–water partition coefficient (Wildman–Crippen LogP) is 5.20. The lowest BCUT2D eigenvalue weighted by Gasteiger charge is -2.25. The van der Waals surface area contributed by atoms with Gasteiger partial charge in [-0.25, -0.2) is 12.7 Å². The Kier molecular flexibility index (Phi) is 5.42. The monoisotopic (exact) mass is 480 g/mol. The van der Waals surface area contributed by atoms with E-state index in [0.717, 1.165) is 10.4 Å². The molecule has 160 valence electrons. The Labute approximate surface area is 187 Å². The van der Waals surface area contributed by atoms with Crippen LogP contribution in [0.1, 0.15) is 11.8 Å². The van der Waals surface area contributed by atoms with Gasteiger partial charge in [-0.05, 0) is 54.6 Å². The molecule has 0 aromatic heterocycles. The molecule has 0 saturated heterocycles. The van der Waals surface area contributed by atoms with E-state index in [2.05, 4.69) is 0 Å². The first-order valence-corrected chi connectivity index (χ1v) is 11.0. The molecular weight excluding hydrogens is 467 g/mol. The van der Waals surface area contributed by atoms with Crippen molar-refractivity contribution in [3.63, 3.8) is 0 Å². The second-order valence-corrected chi connectivity index (χ2v) is 9.19. The minimum Gasteiger partial charge on any atom is -0.497 e. The number of anilines is 1. The van der Waals surface area contributed by atoms with Crippen molar-refractivity contribution >= 4 is 44.6 Å². The van der Waals surface area contributed by atoms with Gasteiger partial charge in [0.25, 0.3) is 15.7 Å². The highest BCUT2D eigenvalue weighted by molar-refractivity contribution is 7.92. The molecule has 0 aliphatic carbocycles. The summed E-state index contributed by atoms with van der Waals surface area (Å²) in [6.07, 6.45) is -1.06. The number of nitro benzene ring substituents is 1. The summed E-state index contributed by atoms with van der Waals surface area (Å²) in [5.41, 5.74) is 0.223. The molecule has 0 fully saturated rings. The Bertz CT molecular complexity index is 1280. The van der Waals surface area contributed by atoms with E-state index in [1.54, 1.807) is 36.4 Å². The Hall–Kier alpha value is -3.01. The highest BCUT2D eigenvalue weighted by Gasteiger charge is 2.42. The average Bonchev–Trinajstić information content (AvgIpc) is 3.13. The number of hydrogen-bond donors (Lipinski definition) is 0. The first-order valence-electron chi connectivity index (χ1n) is 8.81. The average molecular weight is 481 g/mol. The summed E-state index contributed by atoms with van der Waals surface area (Å²) in [6, 6.07) is 14.6. The van der Waals surface area contributed by atoms with Crippen LogP contribution in [0.15, 0.2) is 65.6 Å². The van der Waals surface area contributed by atoms with Gasteiger partial charge in [-0.15, -0.1) is 0 Å². The summed E-state index contributed by atoms with van der Waals surface area (Å²) < 4.78 is 39.4. The van der Waals surface area contributed by atoms with Gasteiger partial charge in [0.05, 0.1) is 22.6 Å². The normalized spacial score (nSPS) is 15.3. The molecule has 1 aliphatic rings. The van der Waals surface area contributed by atoms with Gasteiger partial charge < -0.3 is 9.47 Å². The number of ether oxygens (including phenoxy) is 2. The van der Waals surface area contributed by atoms with Gasteiger partial charge in [0.2, 0.25) is 6.23 Å². The zero-order chi connectivity index (χ0) is 22.3. The molecule has 31 heavy (non-hydrogen) atoms. The van der Waals surface area contributed by atoms with E-state index in [0.29, 0.717) is 22.1 Å². The van der Waals surface area contributed by atoms with Gasteiger partial charge in [-0.1, -0.05) is 23.2 Å². The molecule has 0 unspecified atom stereocenters. The molecule has 1 atom stereocenters. The molecule has 8 nitrogen and oxygen atoms in total. The highest BCUT2D eigenvalue weighted by Crippen LogP contribution is 2.48. The van der Waals surface area contributed by atoms with Gasteiger partial charge in [-0.2, -0.15) is 0 Å². The van der Waals surface area contributed by atoms with Gasteiger partial charge in [0, 0.05) is 16.7 Å². The number of nitro groups is 1. The predicted molar refractivity (Wildman–Crippen MR) is 116 cm³/mol. The minimum atomic E-state index is -4.30. The van der Waals surface area contributed by atoms with E-state index < -0.39 is 26.9 Å². The Morgan fingerprint density at radius 2 is 1.77 bits per heavy atom. The van der Waals surface area contributed by atoms with Crippen LogP contribution in [0.4, 0.5) is 11.4 Å². The Morgan fingerprint density at radius 3 is 2.42 bits per heavy atom. The standard InChI is InChI=1S/C20H14Cl2N2O6S/c1-29-14-5-2-12(3-6-14)20-23(18-10-13(21)4-9-19(18)30-20)31(27,28)15-7-8-16(22)17(11-15)24(25)26/h2-11,20H,1H3/t20-/m0/s1. The summed E-state index contributed by atoms with van der Waals surface area (Å²) >= 11 is 12.0. The van der Waals surface area contributed by atoms with Crippen molar-refractivity contribution in [2.24, 2.45) is 0 Å². The van der Waals surface area contributed by atoms with Crippen LogP contribution in [0.2, 0.25) is 10.0 Å². The SMILES string of the molecule is COc1ccc([C@@H]2Oc3ccc(Cl)cc3N2S(=O)(=O)c2ccc(Cl)c([N+](=O)[O-])c2)cc1. The third-order valence-electron chi connectivity index (χ3n) is 4.68. The molecular formula is C20H14Cl2N2O6S. The van der Waals surface area contributed by atoms with Crippen LogP contribution in [-0.4, -0.2) is 20.5 Å². The first kappa shape index (κ1) is 21.2. The van der Waals surface area contributed by atoms with Crippen molar-refractivity contribution in [2.75, 3.05) is 11.4 Å².